The summed E-state index contributed by atoms with van der Waals surface area (Å²) in [6.07, 6.45) is 3.36. The van der Waals surface area contributed by atoms with Crippen molar-refractivity contribution < 1.29 is 14.3 Å². The topological polar surface area (TPSA) is 63.7 Å². The lowest BCUT2D eigenvalue weighted by atomic mass is 10.1. The van der Waals surface area contributed by atoms with Gasteiger partial charge < -0.3 is 19.7 Å². The van der Waals surface area contributed by atoms with Crippen LogP contribution in [-0.4, -0.2) is 48.8 Å². The number of aromatic nitrogens is 1. The van der Waals surface area contributed by atoms with Gasteiger partial charge in [0.05, 0.1) is 25.6 Å². The highest BCUT2D eigenvalue weighted by Crippen LogP contribution is 2.18. The standard InChI is InChI=1S/C14H21N3O3/c1-3-20-14(18)17-8-6-11(7-9-17)16-12-4-5-13(19-2)15-10-12/h4-5,10-11,16H,3,6-9H2,1-2H3. The van der Waals surface area contributed by atoms with Crippen molar-refractivity contribution in [2.75, 3.05) is 32.1 Å². The summed E-state index contributed by atoms with van der Waals surface area (Å²) in [5.41, 5.74) is 0.973. The number of methoxy groups -OCH3 is 1. The molecule has 2 rings (SSSR count). The average molecular weight is 279 g/mol. The van der Waals surface area contributed by atoms with Crippen LogP contribution in [0.3, 0.4) is 0 Å². The number of piperidine rings is 1. The van der Waals surface area contributed by atoms with Gasteiger partial charge in [0, 0.05) is 25.2 Å². The Morgan fingerprint density at radius 2 is 2.20 bits per heavy atom. The molecule has 110 valence electrons. The molecule has 0 radical (unpaired) electrons. The van der Waals surface area contributed by atoms with E-state index in [1.54, 1.807) is 18.2 Å². The monoisotopic (exact) mass is 279 g/mol. The lowest BCUT2D eigenvalue weighted by Gasteiger charge is -2.32. The van der Waals surface area contributed by atoms with Crippen LogP contribution in [0, 0.1) is 0 Å². The zero-order chi connectivity index (χ0) is 14.4. The molecule has 20 heavy (non-hydrogen) atoms. The van der Waals surface area contributed by atoms with E-state index in [0.29, 0.717) is 18.5 Å². The van der Waals surface area contributed by atoms with Crippen molar-refractivity contribution in [2.24, 2.45) is 0 Å². The SMILES string of the molecule is CCOC(=O)N1CCC(Nc2ccc(OC)nc2)CC1. The van der Waals surface area contributed by atoms with Crippen LogP contribution in [0.4, 0.5) is 10.5 Å². The average Bonchev–Trinajstić information content (AvgIpc) is 2.49. The number of carbonyl (C=O) groups is 1. The summed E-state index contributed by atoms with van der Waals surface area (Å²) in [6, 6.07) is 4.13. The van der Waals surface area contributed by atoms with E-state index in [2.05, 4.69) is 10.3 Å². The number of nitrogens with one attached hydrogen (secondary N) is 1. The number of pyridine rings is 1. The molecule has 6 heteroatoms. The number of ether oxygens (including phenoxy) is 2. The van der Waals surface area contributed by atoms with Crippen molar-refractivity contribution in [1.29, 1.82) is 0 Å². The number of amides is 1. The summed E-state index contributed by atoms with van der Waals surface area (Å²) in [5.74, 6) is 0.604. The van der Waals surface area contributed by atoms with Gasteiger partial charge in [0.15, 0.2) is 0 Å². The van der Waals surface area contributed by atoms with Crippen LogP contribution in [0.1, 0.15) is 19.8 Å². The Bertz CT molecular complexity index is 428. The summed E-state index contributed by atoms with van der Waals surface area (Å²) in [7, 11) is 1.60. The van der Waals surface area contributed by atoms with Crippen LogP contribution in [0.5, 0.6) is 5.88 Å². The molecule has 1 aliphatic rings. The molecule has 0 atom stereocenters. The molecule has 2 heterocycles. The second kappa shape index (κ2) is 6.98. The third-order valence-corrected chi connectivity index (χ3v) is 3.34. The van der Waals surface area contributed by atoms with Gasteiger partial charge in [-0.25, -0.2) is 9.78 Å². The number of hydrogen-bond acceptors (Lipinski definition) is 5. The summed E-state index contributed by atoms with van der Waals surface area (Å²) >= 11 is 0. The summed E-state index contributed by atoms with van der Waals surface area (Å²) in [6.45, 7) is 3.69. The largest absolute Gasteiger partial charge is 0.481 e. The molecule has 1 aliphatic heterocycles. The minimum Gasteiger partial charge on any atom is -0.481 e. The first-order chi connectivity index (χ1) is 9.72. The van der Waals surface area contributed by atoms with Crippen LogP contribution < -0.4 is 10.1 Å². The van der Waals surface area contributed by atoms with Gasteiger partial charge in [-0.05, 0) is 25.8 Å². The fraction of sp³-hybridized carbons (Fsp3) is 0.571. The maximum atomic E-state index is 11.6. The van der Waals surface area contributed by atoms with Gasteiger partial charge in [-0.1, -0.05) is 0 Å². The van der Waals surface area contributed by atoms with Crippen LogP contribution >= 0.6 is 0 Å². The highest BCUT2D eigenvalue weighted by Gasteiger charge is 2.23. The Balaban J connectivity index is 1.80. The molecule has 1 amide bonds. The number of anilines is 1. The molecular weight excluding hydrogens is 258 g/mol. The third-order valence-electron chi connectivity index (χ3n) is 3.34. The molecule has 1 fully saturated rings. The van der Waals surface area contributed by atoms with E-state index in [9.17, 15) is 4.79 Å². The Hall–Kier alpha value is -1.98. The fourth-order valence-electron chi connectivity index (χ4n) is 2.24. The second-order valence-corrected chi connectivity index (χ2v) is 4.69. The number of likely N-dealkylation sites (tertiary alicyclic amines) is 1. The maximum Gasteiger partial charge on any atom is 0.409 e. The Kier molecular flexibility index (Phi) is 5.03. The Morgan fingerprint density at radius 3 is 2.75 bits per heavy atom. The van der Waals surface area contributed by atoms with Crippen molar-refractivity contribution in [2.45, 2.75) is 25.8 Å². The molecule has 1 saturated heterocycles. The molecule has 0 unspecified atom stereocenters. The van der Waals surface area contributed by atoms with Gasteiger partial charge in [0.25, 0.3) is 0 Å². The van der Waals surface area contributed by atoms with Gasteiger partial charge in [-0.15, -0.1) is 0 Å². The fourth-order valence-corrected chi connectivity index (χ4v) is 2.24. The van der Waals surface area contributed by atoms with Gasteiger partial charge in [0.2, 0.25) is 5.88 Å². The smallest absolute Gasteiger partial charge is 0.409 e. The first-order valence-corrected chi connectivity index (χ1v) is 6.91. The predicted octanol–water partition coefficient (Wildman–Crippen LogP) is 2.12. The molecule has 1 aromatic heterocycles. The number of nitrogens with zero attached hydrogens (tertiary/aromatic N) is 2. The second-order valence-electron chi connectivity index (χ2n) is 4.69. The Morgan fingerprint density at radius 1 is 1.45 bits per heavy atom. The zero-order valence-corrected chi connectivity index (χ0v) is 12.0. The van der Waals surface area contributed by atoms with Crippen molar-refractivity contribution in [3.63, 3.8) is 0 Å². The van der Waals surface area contributed by atoms with E-state index < -0.39 is 0 Å². The van der Waals surface area contributed by atoms with E-state index in [0.717, 1.165) is 31.6 Å². The van der Waals surface area contributed by atoms with E-state index in [1.165, 1.54) is 0 Å². The van der Waals surface area contributed by atoms with E-state index in [4.69, 9.17) is 9.47 Å². The normalized spacial score (nSPS) is 15.8. The minimum atomic E-state index is -0.211. The summed E-state index contributed by atoms with van der Waals surface area (Å²) < 4.78 is 10.0. The van der Waals surface area contributed by atoms with Crippen molar-refractivity contribution >= 4 is 11.8 Å². The summed E-state index contributed by atoms with van der Waals surface area (Å²) in [4.78, 5) is 17.5. The highest BCUT2D eigenvalue weighted by molar-refractivity contribution is 5.67. The van der Waals surface area contributed by atoms with Gasteiger partial charge >= 0.3 is 6.09 Å². The van der Waals surface area contributed by atoms with Gasteiger partial charge in [0.1, 0.15) is 0 Å². The maximum absolute atomic E-state index is 11.6. The molecule has 0 aliphatic carbocycles. The molecule has 0 saturated carbocycles. The van der Waals surface area contributed by atoms with E-state index in [-0.39, 0.29) is 6.09 Å². The van der Waals surface area contributed by atoms with Crippen LogP contribution in [0.2, 0.25) is 0 Å². The molecule has 6 nitrogen and oxygen atoms in total. The molecule has 0 aromatic carbocycles. The van der Waals surface area contributed by atoms with Crippen molar-refractivity contribution in [3.05, 3.63) is 18.3 Å². The van der Waals surface area contributed by atoms with E-state index in [1.807, 2.05) is 19.1 Å². The third kappa shape index (κ3) is 3.76. The number of hydrogen-bond donors (Lipinski definition) is 1. The molecular formula is C14H21N3O3. The van der Waals surface area contributed by atoms with Crippen LogP contribution in [-0.2, 0) is 4.74 Å². The first-order valence-electron chi connectivity index (χ1n) is 6.91. The van der Waals surface area contributed by atoms with Gasteiger partial charge in [-0.3, -0.25) is 0 Å². The minimum absolute atomic E-state index is 0.211. The van der Waals surface area contributed by atoms with Crippen LogP contribution in [0.25, 0.3) is 0 Å². The summed E-state index contributed by atoms with van der Waals surface area (Å²) in [5, 5.41) is 3.43. The lowest BCUT2D eigenvalue weighted by Crippen LogP contribution is -2.42. The molecule has 0 bridgehead atoms. The van der Waals surface area contributed by atoms with E-state index >= 15 is 0 Å². The molecule has 0 spiro atoms. The lowest BCUT2D eigenvalue weighted by molar-refractivity contribution is 0.0983. The zero-order valence-electron chi connectivity index (χ0n) is 12.0. The number of rotatable bonds is 4. The van der Waals surface area contributed by atoms with Crippen LogP contribution in [0.15, 0.2) is 18.3 Å². The molecule has 1 aromatic rings. The van der Waals surface area contributed by atoms with Gasteiger partial charge in [-0.2, -0.15) is 0 Å². The quantitative estimate of drug-likeness (QED) is 0.914. The predicted molar refractivity (Wildman–Crippen MR) is 76.0 cm³/mol. The molecule has 1 N–H and O–H groups in total. The van der Waals surface area contributed by atoms with Crippen molar-refractivity contribution in [3.8, 4) is 5.88 Å². The number of carbonyl (C=O) groups excluding carboxylic acids is 1. The van der Waals surface area contributed by atoms with Crippen molar-refractivity contribution in [1.82, 2.24) is 9.88 Å². The highest BCUT2D eigenvalue weighted by atomic mass is 16.6. The Labute approximate surface area is 119 Å². The first kappa shape index (κ1) is 14.4.